The van der Waals surface area contributed by atoms with Crippen LogP contribution in [-0.4, -0.2) is 54.9 Å². The van der Waals surface area contributed by atoms with Crippen molar-refractivity contribution in [3.05, 3.63) is 51.2 Å². The number of para-hydroxylation sites is 1. The zero-order valence-electron chi connectivity index (χ0n) is 16.3. The summed E-state index contributed by atoms with van der Waals surface area (Å²) in [5.41, 5.74) is 2.74. The average Bonchev–Trinajstić information content (AvgIpc) is 3.01. The fourth-order valence-electron chi connectivity index (χ4n) is 4.16. The third-order valence-electron chi connectivity index (χ3n) is 5.70. The van der Waals surface area contributed by atoms with Crippen LogP contribution < -0.4 is 4.74 Å². The van der Waals surface area contributed by atoms with Crippen LogP contribution in [0.2, 0.25) is 0 Å². The molecule has 0 saturated carbocycles. The largest absolute Gasteiger partial charge is 0.496 e. The number of hydrogen-bond acceptors (Lipinski definition) is 4. The number of nitrogens with zero attached hydrogens (tertiary/aromatic N) is 2. The summed E-state index contributed by atoms with van der Waals surface area (Å²) in [6.07, 6.45) is 5.32. The lowest BCUT2D eigenvalue weighted by Gasteiger charge is -2.23. The molecule has 5 nitrogen and oxygen atoms in total. The number of methoxy groups -OCH3 is 1. The summed E-state index contributed by atoms with van der Waals surface area (Å²) in [6, 6.07) is 7.32. The molecule has 0 unspecified atom stereocenters. The minimum absolute atomic E-state index is 0.0281. The summed E-state index contributed by atoms with van der Waals surface area (Å²) in [6.45, 7) is 2.47. The second-order valence-corrected chi connectivity index (χ2v) is 8.36. The Labute approximate surface area is 169 Å². The standard InChI is InChI=1S/C22H26N2O3S/c1-27-19-9-4-2-8-17(19)21(25)23-11-6-12-24(14-13-23)22(26)18-15-28-20-10-5-3-7-16(18)20/h2,4,8-9,15H,3,5-7,10-14H2,1H3. The van der Waals surface area contributed by atoms with Crippen molar-refractivity contribution in [2.75, 3.05) is 33.3 Å². The van der Waals surface area contributed by atoms with E-state index < -0.39 is 0 Å². The highest BCUT2D eigenvalue weighted by atomic mass is 32.1. The van der Waals surface area contributed by atoms with Gasteiger partial charge in [0.05, 0.1) is 18.2 Å². The lowest BCUT2D eigenvalue weighted by Crippen LogP contribution is -2.37. The summed E-state index contributed by atoms with van der Waals surface area (Å²) in [4.78, 5) is 31.3. The van der Waals surface area contributed by atoms with Crippen LogP contribution in [0.15, 0.2) is 29.6 Å². The number of thiophene rings is 1. The van der Waals surface area contributed by atoms with Crippen molar-refractivity contribution < 1.29 is 14.3 Å². The second-order valence-electron chi connectivity index (χ2n) is 7.40. The molecule has 2 amide bonds. The maximum atomic E-state index is 13.1. The smallest absolute Gasteiger partial charge is 0.257 e. The first-order valence-corrected chi connectivity index (χ1v) is 10.9. The molecule has 148 valence electrons. The number of aryl methyl sites for hydroxylation is 1. The van der Waals surface area contributed by atoms with E-state index in [0.29, 0.717) is 37.5 Å². The molecule has 1 saturated heterocycles. The van der Waals surface area contributed by atoms with Crippen LogP contribution in [0, 0.1) is 0 Å². The highest BCUT2D eigenvalue weighted by Gasteiger charge is 2.27. The van der Waals surface area contributed by atoms with Crippen LogP contribution in [0.3, 0.4) is 0 Å². The molecule has 0 radical (unpaired) electrons. The van der Waals surface area contributed by atoms with Crippen molar-refractivity contribution in [3.8, 4) is 5.75 Å². The molecule has 6 heteroatoms. The highest BCUT2D eigenvalue weighted by molar-refractivity contribution is 7.10. The predicted octanol–water partition coefficient (Wildman–Crippen LogP) is 3.62. The SMILES string of the molecule is COc1ccccc1C(=O)N1CCCN(C(=O)c2csc3c2CCCC3)CC1. The summed E-state index contributed by atoms with van der Waals surface area (Å²) in [5, 5.41) is 2.04. The topological polar surface area (TPSA) is 49.9 Å². The predicted molar refractivity (Wildman–Crippen MR) is 110 cm³/mol. The van der Waals surface area contributed by atoms with Gasteiger partial charge in [0.25, 0.3) is 11.8 Å². The van der Waals surface area contributed by atoms with Gasteiger partial charge in [-0.2, -0.15) is 0 Å². The zero-order chi connectivity index (χ0) is 19.5. The summed E-state index contributed by atoms with van der Waals surface area (Å²) in [7, 11) is 1.58. The summed E-state index contributed by atoms with van der Waals surface area (Å²) < 4.78 is 5.34. The maximum Gasteiger partial charge on any atom is 0.257 e. The molecular weight excluding hydrogens is 372 g/mol. The number of hydrogen-bond donors (Lipinski definition) is 0. The maximum absolute atomic E-state index is 13.1. The number of fused-ring (bicyclic) bond motifs is 1. The Kier molecular flexibility index (Phi) is 5.67. The second kappa shape index (κ2) is 8.35. The van der Waals surface area contributed by atoms with Gasteiger partial charge in [0.1, 0.15) is 5.75 Å². The number of ether oxygens (including phenoxy) is 1. The van der Waals surface area contributed by atoms with Crippen LogP contribution in [0.1, 0.15) is 50.4 Å². The van der Waals surface area contributed by atoms with Crippen LogP contribution >= 0.6 is 11.3 Å². The molecule has 2 aromatic rings. The van der Waals surface area contributed by atoms with Crippen LogP contribution in [0.25, 0.3) is 0 Å². The van der Waals surface area contributed by atoms with Crippen LogP contribution in [0.4, 0.5) is 0 Å². The molecule has 28 heavy (non-hydrogen) atoms. The van der Waals surface area contributed by atoms with Gasteiger partial charge in [-0.25, -0.2) is 0 Å². The number of carbonyl (C=O) groups is 2. The Bertz CT molecular complexity index is 876. The van der Waals surface area contributed by atoms with Crippen molar-refractivity contribution in [1.82, 2.24) is 9.80 Å². The van der Waals surface area contributed by atoms with Crippen molar-refractivity contribution in [1.29, 1.82) is 0 Å². The summed E-state index contributed by atoms with van der Waals surface area (Å²) in [5.74, 6) is 0.695. The number of rotatable bonds is 3. The molecule has 2 heterocycles. The molecule has 4 rings (SSSR count). The van der Waals surface area contributed by atoms with Gasteiger partial charge >= 0.3 is 0 Å². The Morgan fingerprint density at radius 2 is 1.57 bits per heavy atom. The van der Waals surface area contributed by atoms with E-state index in [9.17, 15) is 9.59 Å². The van der Waals surface area contributed by atoms with Gasteiger partial charge in [-0.15, -0.1) is 11.3 Å². The lowest BCUT2D eigenvalue weighted by atomic mass is 9.95. The van der Waals surface area contributed by atoms with Crippen LogP contribution in [-0.2, 0) is 12.8 Å². The number of amides is 2. The number of carbonyl (C=O) groups excluding carboxylic acids is 2. The third-order valence-corrected chi connectivity index (χ3v) is 6.79. The molecule has 1 aliphatic carbocycles. The van der Waals surface area contributed by atoms with E-state index in [1.54, 1.807) is 30.6 Å². The van der Waals surface area contributed by atoms with E-state index in [-0.39, 0.29) is 11.8 Å². The Morgan fingerprint density at radius 3 is 2.32 bits per heavy atom. The number of benzene rings is 1. The molecule has 1 aliphatic heterocycles. The Balaban J connectivity index is 1.46. The van der Waals surface area contributed by atoms with Crippen molar-refractivity contribution in [2.24, 2.45) is 0 Å². The van der Waals surface area contributed by atoms with Gasteiger partial charge in [-0.05, 0) is 49.8 Å². The molecule has 0 atom stereocenters. The van der Waals surface area contributed by atoms with Gasteiger partial charge in [0.15, 0.2) is 0 Å². The Morgan fingerprint density at radius 1 is 0.893 bits per heavy atom. The quantitative estimate of drug-likeness (QED) is 0.793. The monoisotopic (exact) mass is 398 g/mol. The van der Waals surface area contributed by atoms with E-state index in [0.717, 1.165) is 24.8 Å². The van der Waals surface area contributed by atoms with E-state index >= 15 is 0 Å². The normalized spacial score (nSPS) is 17.0. The van der Waals surface area contributed by atoms with Gasteiger partial charge in [0, 0.05) is 36.4 Å². The van der Waals surface area contributed by atoms with Crippen molar-refractivity contribution in [2.45, 2.75) is 32.1 Å². The molecule has 1 fully saturated rings. The fourth-order valence-corrected chi connectivity index (χ4v) is 5.28. The highest BCUT2D eigenvalue weighted by Crippen LogP contribution is 2.31. The minimum atomic E-state index is -0.0281. The molecular formula is C22H26N2O3S. The Hall–Kier alpha value is -2.34. The summed E-state index contributed by atoms with van der Waals surface area (Å²) >= 11 is 1.73. The lowest BCUT2D eigenvalue weighted by molar-refractivity contribution is 0.0716. The first kappa shape index (κ1) is 19.0. The first-order valence-electron chi connectivity index (χ1n) is 10.00. The van der Waals surface area contributed by atoms with E-state index in [4.69, 9.17) is 4.74 Å². The van der Waals surface area contributed by atoms with Gasteiger partial charge < -0.3 is 14.5 Å². The third kappa shape index (κ3) is 3.65. The van der Waals surface area contributed by atoms with E-state index in [2.05, 4.69) is 0 Å². The van der Waals surface area contributed by atoms with Gasteiger partial charge in [-0.1, -0.05) is 12.1 Å². The molecule has 1 aromatic carbocycles. The molecule has 0 N–H and O–H groups in total. The van der Waals surface area contributed by atoms with Gasteiger partial charge in [-0.3, -0.25) is 9.59 Å². The minimum Gasteiger partial charge on any atom is -0.496 e. The molecule has 1 aromatic heterocycles. The van der Waals surface area contributed by atoms with Crippen LogP contribution in [0.5, 0.6) is 5.75 Å². The molecule has 2 aliphatic rings. The first-order chi connectivity index (χ1) is 13.7. The fraction of sp³-hybridized carbons (Fsp3) is 0.455. The van der Waals surface area contributed by atoms with E-state index in [1.165, 1.54) is 23.3 Å². The van der Waals surface area contributed by atoms with Gasteiger partial charge in [0.2, 0.25) is 0 Å². The zero-order valence-corrected chi connectivity index (χ0v) is 17.1. The van der Waals surface area contributed by atoms with Crippen molar-refractivity contribution >= 4 is 23.2 Å². The average molecular weight is 399 g/mol. The van der Waals surface area contributed by atoms with Crippen molar-refractivity contribution in [3.63, 3.8) is 0 Å². The molecule has 0 bridgehead atoms. The molecule has 0 spiro atoms. The van der Waals surface area contributed by atoms with E-state index in [1.807, 2.05) is 27.3 Å².